The molecule has 22 heavy (non-hydrogen) atoms. The average molecular weight is 297 g/mol. The van der Waals surface area contributed by atoms with Crippen molar-refractivity contribution in [3.05, 3.63) is 60.2 Å². The van der Waals surface area contributed by atoms with Gasteiger partial charge in [-0.15, -0.1) is 0 Å². The van der Waals surface area contributed by atoms with Gasteiger partial charge in [0.1, 0.15) is 5.75 Å². The summed E-state index contributed by atoms with van der Waals surface area (Å²) in [6, 6.07) is 16.2. The largest absolute Gasteiger partial charge is 0.481 e. The fourth-order valence-electron chi connectivity index (χ4n) is 2.09. The van der Waals surface area contributed by atoms with E-state index in [1.54, 1.807) is 43.1 Å². The molecule has 1 amide bonds. The summed E-state index contributed by atoms with van der Waals surface area (Å²) in [7, 11) is 1.71. The number of Topliss-reactive ketones (excluding diaryl/α,β-unsaturated/α-hetero) is 1. The number of rotatable bonds is 5. The van der Waals surface area contributed by atoms with Gasteiger partial charge in [0.05, 0.1) is 0 Å². The number of hydrogen-bond acceptors (Lipinski definition) is 3. The Labute approximate surface area is 130 Å². The lowest BCUT2D eigenvalue weighted by Gasteiger charge is -2.22. The molecule has 0 aliphatic heterocycles. The van der Waals surface area contributed by atoms with Gasteiger partial charge in [0, 0.05) is 18.3 Å². The van der Waals surface area contributed by atoms with Crippen molar-refractivity contribution < 1.29 is 14.3 Å². The monoisotopic (exact) mass is 297 g/mol. The summed E-state index contributed by atoms with van der Waals surface area (Å²) in [5.74, 6) is 0.320. The van der Waals surface area contributed by atoms with Gasteiger partial charge < -0.3 is 9.64 Å². The second kappa shape index (κ2) is 6.89. The van der Waals surface area contributed by atoms with Crippen LogP contribution in [-0.2, 0) is 4.79 Å². The van der Waals surface area contributed by atoms with Gasteiger partial charge in [-0.1, -0.05) is 30.3 Å². The van der Waals surface area contributed by atoms with Gasteiger partial charge in [0.15, 0.2) is 11.9 Å². The lowest BCUT2D eigenvalue weighted by molar-refractivity contribution is -0.124. The van der Waals surface area contributed by atoms with Crippen LogP contribution in [0.5, 0.6) is 5.75 Å². The summed E-state index contributed by atoms with van der Waals surface area (Å²) in [6.45, 7) is 3.19. The first kappa shape index (κ1) is 15.8. The Morgan fingerprint density at radius 2 is 1.73 bits per heavy atom. The number of nitrogens with zero attached hydrogens (tertiary/aromatic N) is 1. The van der Waals surface area contributed by atoms with Gasteiger partial charge in [-0.25, -0.2) is 0 Å². The number of carbonyl (C=O) groups excluding carboxylic acids is 2. The molecular formula is C18H19NO3. The number of anilines is 1. The molecule has 0 saturated carbocycles. The predicted octanol–water partition coefficient (Wildman–Crippen LogP) is 3.32. The molecule has 0 saturated heterocycles. The predicted molar refractivity (Wildman–Crippen MR) is 86.4 cm³/mol. The number of ketones is 1. The lowest BCUT2D eigenvalue weighted by atomic mass is 10.1. The molecule has 1 atom stereocenters. The molecule has 0 aliphatic rings. The van der Waals surface area contributed by atoms with Crippen LogP contribution in [0.25, 0.3) is 0 Å². The van der Waals surface area contributed by atoms with E-state index in [1.807, 2.05) is 30.3 Å². The van der Waals surface area contributed by atoms with E-state index in [-0.39, 0.29) is 11.7 Å². The third-order valence-electron chi connectivity index (χ3n) is 3.38. The molecule has 0 fully saturated rings. The van der Waals surface area contributed by atoms with E-state index in [4.69, 9.17) is 4.74 Å². The number of hydrogen-bond donors (Lipinski definition) is 0. The summed E-state index contributed by atoms with van der Waals surface area (Å²) < 4.78 is 5.67. The molecule has 0 bridgehead atoms. The van der Waals surface area contributed by atoms with Crippen LogP contribution in [0, 0.1) is 0 Å². The third-order valence-corrected chi connectivity index (χ3v) is 3.38. The fraction of sp³-hybridized carbons (Fsp3) is 0.222. The average Bonchev–Trinajstić information content (AvgIpc) is 2.54. The summed E-state index contributed by atoms with van der Waals surface area (Å²) in [5.41, 5.74) is 1.37. The van der Waals surface area contributed by atoms with Crippen molar-refractivity contribution >= 4 is 17.4 Å². The molecule has 0 aliphatic carbocycles. The Bertz CT molecular complexity index is 667. The smallest absolute Gasteiger partial charge is 0.267 e. The summed E-state index contributed by atoms with van der Waals surface area (Å²) >= 11 is 0. The number of ether oxygens (including phenoxy) is 1. The highest BCUT2D eigenvalue weighted by Gasteiger charge is 2.20. The molecule has 2 rings (SSSR count). The highest BCUT2D eigenvalue weighted by atomic mass is 16.5. The highest BCUT2D eigenvalue weighted by molar-refractivity contribution is 5.96. The molecule has 0 N–H and O–H groups in total. The first-order valence-electron chi connectivity index (χ1n) is 7.09. The molecular weight excluding hydrogens is 278 g/mol. The van der Waals surface area contributed by atoms with Crippen LogP contribution in [0.15, 0.2) is 54.6 Å². The van der Waals surface area contributed by atoms with Crippen LogP contribution in [0.3, 0.4) is 0 Å². The first-order chi connectivity index (χ1) is 10.5. The number of carbonyl (C=O) groups is 2. The van der Waals surface area contributed by atoms with Gasteiger partial charge in [0.25, 0.3) is 5.91 Å². The molecule has 0 heterocycles. The quantitative estimate of drug-likeness (QED) is 0.795. The minimum Gasteiger partial charge on any atom is -0.481 e. The second-order valence-corrected chi connectivity index (χ2v) is 5.08. The summed E-state index contributed by atoms with van der Waals surface area (Å²) in [5, 5.41) is 0. The topological polar surface area (TPSA) is 46.6 Å². The maximum Gasteiger partial charge on any atom is 0.267 e. The van der Waals surface area contributed by atoms with Gasteiger partial charge >= 0.3 is 0 Å². The second-order valence-electron chi connectivity index (χ2n) is 5.08. The zero-order chi connectivity index (χ0) is 16.1. The van der Waals surface area contributed by atoms with Crippen molar-refractivity contribution in [2.24, 2.45) is 0 Å². The first-order valence-corrected chi connectivity index (χ1v) is 7.09. The molecule has 2 aromatic carbocycles. The van der Waals surface area contributed by atoms with Crippen LogP contribution < -0.4 is 9.64 Å². The lowest BCUT2D eigenvalue weighted by Crippen LogP contribution is -2.38. The minimum absolute atomic E-state index is 0.0363. The molecule has 0 aromatic heterocycles. The molecule has 4 heteroatoms. The Balaban J connectivity index is 2.08. The third kappa shape index (κ3) is 3.73. The van der Waals surface area contributed by atoms with Crippen LogP contribution in [0.2, 0.25) is 0 Å². The van der Waals surface area contributed by atoms with E-state index in [9.17, 15) is 9.59 Å². The number of para-hydroxylation sites is 1. The van der Waals surface area contributed by atoms with Crippen molar-refractivity contribution in [2.75, 3.05) is 11.9 Å². The minimum atomic E-state index is -0.646. The molecule has 2 aromatic rings. The Morgan fingerprint density at radius 1 is 1.05 bits per heavy atom. The zero-order valence-electron chi connectivity index (χ0n) is 12.9. The Kier molecular flexibility index (Phi) is 4.94. The maximum absolute atomic E-state index is 12.4. The van der Waals surface area contributed by atoms with Crippen molar-refractivity contribution in [1.29, 1.82) is 0 Å². The Hall–Kier alpha value is -2.62. The summed E-state index contributed by atoms with van der Waals surface area (Å²) in [4.78, 5) is 25.3. The van der Waals surface area contributed by atoms with Gasteiger partial charge in [-0.05, 0) is 38.1 Å². The van der Waals surface area contributed by atoms with E-state index in [0.717, 1.165) is 5.69 Å². The van der Waals surface area contributed by atoms with Crippen molar-refractivity contribution in [3.63, 3.8) is 0 Å². The highest BCUT2D eigenvalue weighted by Crippen LogP contribution is 2.18. The maximum atomic E-state index is 12.4. The van der Waals surface area contributed by atoms with Gasteiger partial charge in [0.2, 0.25) is 0 Å². The normalized spacial score (nSPS) is 11.6. The fourth-order valence-corrected chi connectivity index (χ4v) is 2.09. The Morgan fingerprint density at radius 3 is 2.36 bits per heavy atom. The van der Waals surface area contributed by atoms with E-state index < -0.39 is 6.10 Å². The summed E-state index contributed by atoms with van der Waals surface area (Å²) in [6.07, 6.45) is -0.646. The number of likely N-dealkylation sites (N-methyl/N-ethyl adjacent to an activating group) is 1. The van der Waals surface area contributed by atoms with E-state index in [1.165, 1.54) is 6.92 Å². The van der Waals surface area contributed by atoms with Gasteiger partial charge in [-0.3, -0.25) is 9.59 Å². The molecule has 4 nitrogen and oxygen atoms in total. The van der Waals surface area contributed by atoms with Crippen molar-refractivity contribution in [1.82, 2.24) is 0 Å². The van der Waals surface area contributed by atoms with Crippen molar-refractivity contribution in [2.45, 2.75) is 20.0 Å². The zero-order valence-corrected chi connectivity index (χ0v) is 12.9. The van der Waals surface area contributed by atoms with E-state index >= 15 is 0 Å². The van der Waals surface area contributed by atoms with E-state index in [0.29, 0.717) is 11.3 Å². The molecule has 0 radical (unpaired) electrons. The molecule has 1 unspecified atom stereocenters. The van der Waals surface area contributed by atoms with Crippen LogP contribution in [0.1, 0.15) is 24.2 Å². The van der Waals surface area contributed by atoms with Crippen LogP contribution in [0.4, 0.5) is 5.69 Å². The number of benzene rings is 2. The van der Waals surface area contributed by atoms with Crippen LogP contribution >= 0.6 is 0 Å². The molecule has 114 valence electrons. The van der Waals surface area contributed by atoms with Gasteiger partial charge in [-0.2, -0.15) is 0 Å². The van der Waals surface area contributed by atoms with Crippen molar-refractivity contribution in [3.8, 4) is 5.75 Å². The number of amides is 1. The van der Waals surface area contributed by atoms with E-state index in [2.05, 4.69) is 0 Å². The van der Waals surface area contributed by atoms with Crippen LogP contribution in [-0.4, -0.2) is 24.8 Å². The standard InChI is InChI=1S/C18H19NO3/c1-13(20)15-8-7-11-17(12-15)22-14(2)18(21)19(3)16-9-5-4-6-10-16/h4-12,14H,1-3H3. The molecule has 0 spiro atoms. The SMILES string of the molecule is CC(=O)c1cccc(OC(C)C(=O)N(C)c2ccccc2)c1.